The summed E-state index contributed by atoms with van der Waals surface area (Å²) >= 11 is 1.63. The lowest BCUT2D eigenvalue weighted by atomic mass is 10.2. The fraction of sp³-hybridized carbons (Fsp3) is 0.727. The first-order valence-electron chi connectivity index (χ1n) is 5.72. The van der Waals surface area contributed by atoms with Crippen molar-refractivity contribution in [2.75, 3.05) is 26.4 Å². The van der Waals surface area contributed by atoms with E-state index in [4.69, 9.17) is 9.47 Å². The van der Waals surface area contributed by atoms with Crippen LogP contribution in [0.3, 0.4) is 0 Å². The summed E-state index contributed by atoms with van der Waals surface area (Å²) in [7, 11) is 0. The number of hydrogen-bond acceptors (Lipinski definition) is 5. The molecule has 1 fully saturated rings. The van der Waals surface area contributed by atoms with E-state index in [-0.39, 0.29) is 0 Å². The Morgan fingerprint density at radius 3 is 3.38 bits per heavy atom. The second kappa shape index (κ2) is 6.96. The summed E-state index contributed by atoms with van der Waals surface area (Å²) in [6, 6.07) is 0. The molecule has 1 aromatic heterocycles. The molecule has 1 atom stereocenters. The average Bonchev–Trinajstić information content (AvgIpc) is 2.96. The maximum absolute atomic E-state index is 5.53. The summed E-state index contributed by atoms with van der Waals surface area (Å²) in [4.78, 5) is 4.19. The van der Waals surface area contributed by atoms with E-state index in [0.717, 1.165) is 45.0 Å². The summed E-state index contributed by atoms with van der Waals surface area (Å²) in [5.74, 6) is 0. The van der Waals surface area contributed by atoms with Crippen LogP contribution in [0.2, 0.25) is 0 Å². The third-order valence-electron chi connectivity index (χ3n) is 2.54. The Morgan fingerprint density at radius 1 is 1.62 bits per heavy atom. The topological polar surface area (TPSA) is 43.4 Å². The van der Waals surface area contributed by atoms with Gasteiger partial charge in [0.15, 0.2) is 0 Å². The lowest BCUT2D eigenvalue weighted by Crippen LogP contribution is -2.22. The molecule has 1 aliphatic heterocycles. The van der Waals surface area contributed by atoms with Crippen LogP contribution in [0.15, 0.2) is 10.9 Å². The number of ether oxygens (including phenoxy) is 2. The second-order valence-electron chi connectivity index (χ2n) is 3.87. The largest absolute Gasteiger partial charge is 0.377 e. The second-order valence-corrected chi connectivity index (χ2v) is 4.59. The van der Waals surface area contributed by atoms with E-state index >= 15 is 0 Å². The van der Waals surface area contributed by atoms with Crippen molar-refractivity contribution in [3.05, 3.63) is 16.6 Å². The number of thiazole rings is 1. The lowest BCUT2D eigenvalue weighted by molar-refractivity contribution is 0.0182. The first kappa shape index (κ1) is 12.0. The van der Waals surface area contributed by atoms with Crippen LogP contribution in [0.4, 0.5) is 0 Å². The zero-order valence-electron chi connectivity index (χ0n) is 9.35. The summed E-state index contributed by atoms with van der Waals surface area (Å²) in [5, 5.41) is 5.35. The molecule has 4 nitrogen and oxygen atoms in total. The molecular weight excluding hydrogens is 224 g/mol. The highest BCUT2D eigenvalue weighted by atomic mass is 32.1. The quantitative estimate of drug-likeness (QED) is 0.735. The minimum absolute atomic E-state index is 0.332. The third kappa shape index (κ3) is 4.17. The monoisotopic (exact) mass is 242 g/mol. The Morgan fingerprint density at radius 2 is 2.62 bits per heavy atom. The fourth-order valence-electron chi connectivity index (χ4n) is 1.68. The van der Waals surface area contributed by atoms with Gasteiger partial charge in [0.1, 0.15) is 0 Å². The van der Waals surface area contributed by atoms with Crippen LogP contribution >= 0.6 is 11.3 Å². The predicted molar refractivity (Wildman–Crippen MR) is 63.6 cm³/mol. The molecule has 2 heterocycles. The van der Waals surface area contributed by atoms with Gasteiger partial charge in [0.05, 0.1) is 30.5 Å². The van der Waals surface area contributed by atoms with Crippen LogP contribution in [0.5, 0.6) is 0 Å². The Balaban J connectivity index is 1.43. The van der Waals surface area contributed by atoms with Crippen LogP contribution in [0, 0.1) is 0 Å². The van der Waals surface area contributed by atoms with E-state index in [2.05, 4.69) is 15.7 Å². The van der Waals surface area contributed by atoms with Crippen molar-refractivity contribution in [1.82, 2.24) is 10.3 Å². The number of rotatable bonds is 7. The van der Waals surface area contributed by atoms with Gasteiger partial charge in [0.2, 0.25) is 0 Å². The minimum atomic E-state index is 0.332. The van der Waals surface area contributed by atoms with Crippen molar-refractivity contribution in [3.63, 3.8) is 0 Å². The molecule has 5 heteroatoms. The highest BCUT2D eigenvalue weighted by Gasteiger charge is 2.14. The molecule has 0 aromatic carbocycles. The molecule has 0 aliphatic carbocycles. The summed E-state index contributed by atoms with van der Waals surface area (Å²) in [6.45, 7) is 4.06. The first-order valence-corrected chi connectivity index (χ1v) is 6.66. The van der Waals surface area contributed by atoms with Crippen molar-refractivity contribution in [2.24, 2.45) is 0 Å². The van der Waals surface area contributed by atoms with E-state index in [1.54, 1.807) is 11.3 Å². The zero-order valence-corrected chi connectivity index (χ0v) is 10.2. The van der Waals surface area contributed by atoms with Crippen molar-refractivity contribution in [3.8, 4) is 0 Å². The molecule has 1 aliphatic rings. The van der Waals surface area contributed by atoms with Gasteiger partial charge in [0, 0.05) is 25.1 Å². The first-order chi connectivity index (χ1) is 7.95. The molecule has 2 rings (SSSR count). The molecule has 0 spiro atoms. The molecule has 1 N–H and O–H groups in total. The van der Waals surface area contributed by atoms with Gasteiger partial charge < -0.3 is 14.8 Å². The normalized spacial score (nSPS) is 20.4. The van der Waals surface area contributed by atoms with E-state index in [1.807, 2.05) is 5.51 Å². The average molecular weight is 242 g/mol. The van der Waals surface area contributed by atoms with Gasteiger partial charge in [-0.05, 0) is 12.8 Å². The van der Waals surface area contributed by atoms with E-state index in [0.29, 0.717) is 6.10 Å². The van der Waals surface area contributed by atoms with Crippen molar-refractivity contribution in [1.29, 1.82) is 0 Å². The fourth-order valence-corrected chi connectivity index (χ4v) is 2.23. The van der Waals surface area contributed by atoms with E-state index in [1.165, 1.54) is 6.42 Å². The van der Waals surface area contributed by atoms with E-state index < -0.39 is 0 Å². The highest BCUT2D eigenvalue weighted by Crippen LogP contribution is 2.11. The van der Waals surface area contributed by atoms with Gasteiger partial charge in [-0.1, -0.05) is 0 Å². The minimum Gasteiger partial charge on any atom is -0.377 e. The van der Waals surface area contributed by atoms with Gasteiger partial charge >= 0.3 is 0 Å². The molecule has 90 valence electrons. The van der Waals surface area contributed by atoms with Gasteiger partial charge in [0.25, 0.3) is 0 Å². The van der Waals surface area contributed by atoms with Gasteiger partial charge in [-0.3, -0.25) is 0 Å². The molecular formula is C11H18N2O2S. The Kier molecular flexibility index (Phi) is 5.21. The smallest absolute Gasteiger partial charge is 0.0809 e. The van der Waals surface area contributed by atoms with Crippen molar-refractivity contribution in [2.45, 2.75) is 25.5 Å². The molecule has 1 unspecified atom stereocenters. The molecule has 0 amide bonds. The number of hydrogen-bond donors (Lipinski definition) is 1. The van der Waals surface area contributed by atoms with Crippen LogP contribution < -0.4 is 5.32 Å². The van der Waals surface area contributed by atoms with Gasteiger partial charge in [-0.15, -0.1) is 11.3 Å². The predicted octanol–water partition coefficient (Wildman–Crippen LogP) is 1.43. The molecule has 0 saturated carbocycles. The SMILES string of the molecule is c1nc(CNCCOCC2CCCO2)cs1. The Labute approximate surface area is 100.0 Å². The van der Waals surface area contributed by atoms with Gasteiger partial charge in [-0.25, -0.2) is 4.98 Å². The maximum Gasteiger partial charge on any atom is 0.0809 e. The molecule has 1 saturated heterocycles. The Hall–Kier alpha value is -0.490. The summed E-state index contributed by atoms with van der Waals surface area (Å²) in [5.41, 5.74) is 2.95. The van der Waals surface area contributed by atoms with Gasteiger partial charge in [-0.2, -0.15) is 0 Å². The van der Waals surface area contributed by atoms with Crippen molar-refractivity contribution < 1.29 is 9.47 Å². The van der Waals surface area contributed by atoms with Crippen LogP contribution in [0.1, 0.15) is 18.5 Å². The Bertz CT molecular complexity index is 274. The zero-order chi connectivity index (χ0) is 11.1. The number of nitrogens with one attached hydrogen (secondary N) is 1. The molecule has 1 aromatic rings. The molecule has 16 heavy (non-hydrogen) atoms. The maximum atomic E-state index is 5.53. The number of nitrogens with zero attached hydrogens (tertiary/aromatic N) is 1. The lowest BCUT2D eigenvalue weighted by Gasteiger charge is -2.10. The highest BCUT2D eigenvalue weighted by molar-refractivity contribution is 7.07. The van der Waals surface area contributed by atoms with Crippen molar-refractivity contribution >= 4 is 11.3 Å². The van der Waals surface area contributed by atoms with Crippen LogP contribution in [-0.4, -0.2) is 37.5 Å². The van der Waals surface area contributed by atoms with Crippen LogP contribution in [0.25, 0.3) is 0 Å². The standard InChI is InChI=1S/C11H18N2O2S/c1-2-11(15-4-1)7-14-5-3-12-6-10-8-16-9-13-10/h8-9,11-12H,1-7H2. The molecule has 0 radical (unpaired) electrons. The van der Waals surface area contributed by atoms with Crippen LogP contribution in [-0.2, 0) is 16.0 Å². The summed E-state index contributed by atoms with van der Waals surface area (Å²) in [6.07, 6.45) is 2.65. The van der Waals surface area contributed by atoms with E-state index in [9.17, 15) is 0 Å². The third-order valence-corrected chi connectivity index (χ3v) is 3.18. The number of aromatic nitrogens is 1. The molecule has 0 bridgehead atoms. The summed E-state index contributed by atoms with van der Waals surface area (Å²) < 4.78 is 11.0.